The fraction of sp³-hybridized carbons (Fsp3) is 0.250. The molecule has 0 aliphatic heterocycles. The van der Waals surface area contributed by atoms with Gasteiger partial charge < -0.3 is 5.73 Å². The number of aliphatic imine (C=N–C) groups is 1. The zero-order valence-electron chi connectivity index (χ0n) is 9.03. The van der Waals surface area contributed by atoms with E-state index in [4.69, 9.17) is 17.3 Å². The molecule has 4 heteroatoms. The number of halogens is 2. The summed E-state index contributed by atoms with van der Waals surface area (Å²) in [5.41, 5.74) is 6.39. The fourth-order valence-electron chi connectivity index (χ4n) is 1.16. The number of rotatable bonds is 4. The second-order valence-electron chi connectivity index (χ2n) is 3.25. The van der Waals surface area contributed by atoms with Gasteiger partial charge in [0.1, 0.15) is 5.82 Å². The lowest BCUT2D eigenvalue weighted by atomic mass is 10.2. The topological polar surface area (TPSA) is 38.4 Å². The number of nitrogens with two attached hydrogens (primary N) is 1. The summed E-state index contributed by atoms with van der Waals surface area (Å²) in [4.78, 5) is 4.01. The maximum Gasteiger partial charge on any atom is 0.148 e. The number of nitrogens with zero attached hydrogens (tertiary/aromatic N) is 1. The predicted molar refractivity (Wildman–Crippen MR) is 66.8 cm³/mol. The van der Waals surface area contributed by atoms with Crippen molar-refractivity contribution in [1.29, 1.82) is 0 Å². The summed E-state index contributed by atoms with van der Waals surface area (Å²) in [7, 11) is 0. The maximum atomic E-state index is 13.2. The second kappa shape index (κ2) is 6.28. The molecule has 0 heterocycles. The molecule has 0 amide bonds. The van der Waals surface area contributed by atoms with Gasteiger partial charge in [-0.1, -0.05) is 19.1 Å². The number of para-hydroxylation sites is 1. The third-order valence-corrected chi connectivity index (χ3v) is 2.68. The molecule has 0 radical (unpaired) electrons. The molecule has 1 rings (SSSR count). The van der Waals surface area contributed by atoms with Crippen LogP contribution in [0.1, 0.15) is 13.3 Å². The Bertz CT molecular complexity index is 402. The second-order valence-corrected chi connectivity index (χ2v) is 3.78. The average molecular weight is 241 g/mol. The van der Waals surface area contributed by atoms with Crippen LogP contribution in [0.5, 0.6) is 0 Å². The summed E-state index contributed by atoms with van der Waals surface area (Å²) in [5, 5.41) is -0.194. The highest BCUT2D eigenvalue weighted by Crippen LogP contribution is 2.17. The van der Waals surface area contributed by atoms with Gasteiger partial charge in [-0.15, -0.1) is 11.6 Å². The lowest BCUT2D eigenvalue weighted by Crippen LogP contribution is -2.05. The van der Waals surface area contributed by atoms with Crippen molar-refractivity contribution in [3.05, 3.63) is 41.9 Å². The molecule has 0 saturated carbocycles. The van der Waals surface area contributed by atoms with Crippen LogP contribution >= 0.6 is 11.6 Å². The normalized spacial score (nSPS) is 14.3. The van der Waals surface area contributed by atoms with Gasteiger partial charge in [-0.2, -0.15) is 0 Å². The number of allylic oxidation sites excluding steroid dienone is 1. The fourth-order valence-corrected chi connectivity index (χ4v) is 1.29. The van der Waals surface area contributed by atoms with Crippen LogP contribution in [0.4, 0.5) is 10.1 Å². The Morgan fingerprint density at radius 1 is 1.56 bits per heavy atom. The molecule has 0 aliphatic carbocycles. The Hall–Kier alpha value is -1.35. The Labute approximate surface area is 99.6 Å². The molecule has 0 aromatic heterocycles. The molecule has 1 unspecified atom stereocenters. The molecular formula is C12H14ClFN2. The molecule has 1 aromatic rings. The van der Waals surface area contributed by atoms with Crippen LogP contribution in [0.3, 0.4) is 0 Å². The minimum atomic E-state index is -0.363. The van der Waals surface area contributed by atoms with Crippen LogP contribution in [-0.2, 0) is 0 Å². The van der Waals surface area contributed by atoms with Gasteiger partial charge in [0.2, 0.25) is 0 Å². The SMILES string of the molecule is CCC(Cl)C(C=Nc1ccccc1F)=CN. The van der Waals surface area contributed by atoms with Crippen molar-refractivity contribution in [3.63, 3.8) is 0 Å². The zero-order chi connectivity index (χ0) is 12.0. The predicted octanol–water partition coefficient (Wildman–Crippen LogP) is 3.39. The largest absolute Gasteiger partial charge is 0.404 e. The highest BCUT2D eigenvalue weighted by Gasteiger charge is 2.06. The van der Waals surface area contributed by atoms with Gasteiger partial charge in [0.05, 0.1) is 11.1 Å². The smallest absolute Gasteiger partial charge is 0.148 e. The molecule has 0 fully saturated rings. The molecule has 16 heavy (non-hydrogen) atoms. The van der Waals surface area contributed by atoms with E-state index in [0.717, 1.165) is 6.42 Å². The van der Waals surface area contributed by atoms with Crippen LogP contribution in [0, 0.1) is 5.82 Å². The summed E-state index contributed by atoms with van der Waals surface area (Å²) in [5.74, 6) is -0.363. The van der Waals surface area contributed by atoms with E-state index in [1.807, 2.05) is 6.92 Å². The van der Waals surface area contributed by atoms with Crippen molar-refractivity contribution in [2.24, 2.45) is 10.7 Å². The third-order valence-electron chi connectivity index (χ3n) is 2.12. The van der Waals surface area contributed by atoms with Gasteiger partial charge in [-0.05, 0) is 18.6 Å². The first kappa shape index (κ1) is 12.7. The van der Waals surface area contributed by atoms with E-state index in [1.54, 1.807) is 18.2 Å². The lowest BCUT2D eigenvalue weighted by molar-refractivity contribution is 0.630. The average Bonchev–Trinajstić information content (AvgIpc) is 2.31. The number of alkyl halides is 1. The number of hydrogen-bond acceptors (Lipinski definition) is 2. The van der Waals surface area contributed by atoms with E-state index in [2.05, 4.69) is 4.99 Å². The first-order chi connectivity index (χ1) is 7.69. The molecule has 0 saturated heterocycles. The zero-order valence-corrected chi connectivity index (χ0v) is 9.78. The highest BCUT2D eigenvalue weighted by molar-refractivity contribution is 6.24. The van der Waals surface area contributed by atoms with Gasteiger partial charge >= 0.3 is 0 Å². The molecule has 2 N–H and O–H groups in total. The molecule has 1 aromatic carbocycles. The molecule has 0 bridgehead atoms. The van der Waals surface area contributed by atoms with Gasteiger partial charge in [-0.25, -0.2) is 4.39 Å². The van der Waals surface area contributed by atoms with E-state index in [1.165, 1.54) is 18.5 Å². The quantitative estimate of drug-likeness (QED) is 0.636. The molecule has 0 aliphatic rings. The summed E-state index contributed by atoms with van der Waals surface area (Å²) in [6, 6.07) is 6.29. The molecular weight excluding hydrogens is 227 g/mol. The van der Waals surface area contributed by atoms with E-state index in [-0.39, 0.29) is 16.9 Å². The van der Waals surface area contributed by atoms with Crippen molar-refractivity contribution in [1.82, 2.24) is 0 Å². The van der Waals surface area contributed by atoms with Crippen LogP contribution in [0.15, 0.2) is 41.0 Å². The molecule has 2 nitrogen and oxygen atoms in total. The van der Waals surface area contributed by atoms with Crippen LogP contribution in [0.2, 0.25) is 0 Å². The standard InChI is InChI=1S/C12H14ClFN2/c1-2-10(13)9(7-15)8-16-12-6-4-3-5-11(12)14/h3-8,10H,2,15H2,1H3. The minimum Gasteiger partial charge on any atom is -0.404 e. The highest BCUT2D eigenvalue weighted by atomic mass is 35.5. The Morgan fingerprint density at radius 3 is 2.81 bits per heavy atom. The van der Waals surface area contributed by atoms with Gasteiger partial charge in [0.25, 0.3) is 0 Å². The third kappa shape index (κ3) is 3.35. The number of hydrogen-bond donors (Lipinski definition) is 1. The van der Waals surface area contributed by atoms with Gasteiger partial charge in [0, 0.05) is 18.0 Å². The van der Waals surface area contributed by atoms with Crippen molar-refractivity contribution < 1.29 is 4.39 Å². The monoisotopic (exact) mass is 240 g/mol. The molecule has 0 spiro atoms. The lowest BCUT2D eigenvalue weighted by Gasteiger charge is -2.05. The summed E-state index contributed by atoms with van der Waals surface area (Å²) in [6.45, 7) is 1.94. The Balaban J connectivity index is 2.84. The van der Waals surface area contributed by atoms with Crippen LogP contribution < -0.4 is 5.73 Å². The number of benzene rings is 1. The Morgan fingerprint density at radius 2 is 2.25 bits per heavy atom. The summed E-state index contributed by atoms with van der Waals surface area (Å²) in [6.07, 6.45) is 3.64. The summed E-state index contributed by atoms with van der Waals surface area (Å²) >= 11 is 6.00. The van der Waals surface area contributed by atoms with Gasteiger partial charge in [-0.3, -0.25) is 4.99 Å². The van der Waals surface area contributed by atoms with E-state index >= 15 is 0 Å². The minimum absolute atomic E-state index is 0.194. The Kier molecular flexibility index (Phi) is 4.99. The molecule has 1 atom stereocenters. The van der Waals surface area contributed by atoms with Crippen molar-refractivity contribution >= 4 is 23.5 Å². The van der Waals surface area contributed by atoms with Gasteiger partial charge in [0.15, 0.2) is 0 Å². The van der Waals surface area contributed by atoms with Crippen LogP contribution in [-0.4, -0.2) is 11.6 Å². The first-order valence-electron chi connectivity index (χ1n) is 5.03. The van der Waals surface area contributed by atoms with Crippen molar-refractivity contribution in [3.8, 4) is 0 Å². The summed E-state index contributed by atoms with van der Waals surface area (Å²) < 4.78 is 13.2. The van der Waals surface area contributed by atoms with Crippen LogP contribution in [0.25, 0.3) is 0 Å². The maximum absolute atomic E-state index is 13.2. The van der Waals surface area contributed by atoms with E-state index < -0.39 is 0 Å². The first-order valence-corrected chi connectivity index (χ1v) is 5.47. The van der Waals surface area contributed by atoms with Crippen molar-refractivity contribution in [2.45, 2.75) is 18.7 Å². The molecule has 86 valence electrons. The van der Waals surface area contributed by atoms with Crippen molar-refractivity contribution in [2.75, 3.05) is 0 Å². The van der Waals surface area contributed by atoms with E-state index in [0.29, 0.717) is 5.57 Å². The van der Waals surface area contributed by atoms with E-state index in [9.17, 15) is 4.39 Å².